The minimum Gasteiger partial charge on any atom is -0.462 e. The average molecular weight is 1520 g/mol. The fraction of sp³-hybridized carbons (Fsp3) is 0.586. The largest absolute Gasteiger partial charge is 0.472 e. The predicted octanol–water partition coefficient (Wildman–Crippen LogP) is 23.3. The van der Waals surface area contributed by atoms with E-state index in [9.17, 15) is 43.2 Å². The molecule has 0 aromatic rings. The highest BCUT2D eigenvalue weighted by molar-refractivity contribution is 7.47. The lowest BCUT2D eigenvalue weighted by molar-refractivity contribution is -0.161. The van der Waals surface area contributed by atoms with E-state index in [1.54, 1.807) is 0 Å². The Bertz CT molecular complexity index is 2780. The number of hydrogen-bond donors (Lipinski definition) is 3. The number of allylic oxidation sites excluding steroid dienone is 32. The maximum absolute atomic E-state index is 13.1. The number of carbonyl (C=O) groups is 4. The number of phosphoric ester groups is 2. The van der Waals surface area contributed by atoms with E-state index >= 15 is 0 Å². The molecule has 5 atom stereocenters. The van der Waals surface area contributed by atoms with Crippen molar-refractivity contribution in [2.24, 2.45) is 0 Å². The van der Waals surface area contributed by atoms with Gasteiger partial charge in [-0.3, -0.25) is 37.3 Å². The quantitative estimate of drug-likeness (QED) is 0.0169. The summed E-state index contributed by atoms with van der Waals surface area (Å²) in [7, 11) is -10.0. The number of carbonyl (C=O) groups excluding carboxylic acids is 4. The van der Waals surface area contributed by atoms with Crippen LogP contribution < -0.4 is 0 Å². The summed E-state index contributed by atoms with van der Waals surface area (Å²) in [6.07, 6.45) is 94.5. The molecule has 0 saturated carbocycles. The molecular formula is C87H138O17P2. The maximum atomic E-state index is 13.1. The van der Waals surface area contributed by atoms with Gasteiger partial charge >= 0.3 is 39.5 Å². The van der Waals surface area contributed by atoms with Gasteiger partial charge in [-0.25, -0.2) is 9.13 Å². The Morgan fingerprint density at radius 2 is 0.509 bits per heavy atom. The Hall–Kier alpha value is -6.10. The van der Waals surface area contributed by atoms with Crippen LogP contribution in [0.15, 0.2) is 194 Å². The summed E-state index contributed by atoms with van der Waals surface area (Å²) in [5.74, 6) is -2.42. The van der Waals surface area contributed by atoms with Gasteiger partial charge in [0, 0.05) is 25.7 Å². The van der Waals surface area contributed by atoms with Gasteiger partial charge in [0.2, 0.25) is 0 Å². The molecule has 0 aliphatic rings. The lowest BCUT2D eigenvalue weighted by atomic mass is 10.1. The van der Waals surface area contributed by atoms with Crippen molar-refractivity contribution in [1.82, 2.24) is 0 Å². The average Bonchev–Trinajstić information content (AvgIpc) is 0.901. The van der Waals surface area contributed by atoms with Crippen molar-refractivity contribution in [3.8, 4) is 0 Å². The van der Waals surface area contributed by atoms with Gasteiger partial charge in [0.15, 0.2) is 12.2 Å². The van der Waals surface area contributed by atoms with Crippen molar-refractivity contribution in [3.63, 3.8) is 0 Å². The van der Waals surface area contributed by atoms with Gasteiger partial charge in [-0.2, -0.15) is 0 Å². The second-order valence-electron chi connectivity index (χ2n) is 25.5. The fourth-order valence-electron chi connectivity index (χ4n) is 9.67. The van der Waals surface area contributed by atoms with Gasteiger partial charge in [0.1, 0.15) is 19.3 Å². The topological polar surface area (TPSA) is 237 Å². The molecule has 598 valence electrons. The van der Waals surface area contributed by atoms with Crippen LogP contribution in [0.5, 0.6) is 0 Å². The lowest BCUT2D eigenvalue weighted by Gasteiger charge is -2.21. The minimum absolute atomic E-state index is 0.0122. The third kappa shape index (κ3) is 76.1. The van der Waals surface area contributed by atoms with Gasteiger partial charge < -0.3 is 33.8 Å². The Labute approximate surface area is 640 Å². The molecular weight excluding hydrogens is 1380 g/mol. The maximum Gasteiger partial charge on any atom is 0.472 e. The summed E-state index contributed by atoms with van der Waals surface area (Å²) in [6, 6.07) is 0. The number of aliphatic hydroxyl groups excluding tert-OH is 1. The molecule has 0 rings (SSSR count). The van der Waals surface area contributed by atoms with E-state index in [-0.39, 0.29) is 25.7 Å². The van der Waals surface area contributed by atoms with Gasteiger partial charge in [-0.05, 0) is 141 Å². The van der Waals surface area contributed by atoms with E-state index in [0.29, 0.717) is 38.5 Å². The molecule has 19 heteroatoms. The highest BCUT2D eigenvalue weighted by Crippen LogP contribution is 2.45. The first kappa shape index (κ1) is 99.9. The Balaban J connectivity index is 5.52. The number of phosphoric acid groups is 2. The first-order valence-electron chi connectivity index (χ1n) is 39.7. The normalized spacial score (nSPS) is 14.9. The zero-order valence-corrected chi connectivity index (χ0v) is 67.1. The highest BCUT2D eigenvalue weighted by atomic mass is 31.2. The summed E-state index contributed by atoms with van der Waals surface area (Å²) >= 11 is 0. The molecule has 0 spiro atoms. The van der Waals surface area contributed by atoms with Gasteiger partial charge in [0.05, 0.1) is 26.4 Å². The van der Waals surface area contributed by atoms with Crippen molar-refractivity contribution in [1.29, 1.82) is 0 Å². The van der Waals surface area contributed by atoms with E-state index in [1.165, 1.54) is 38.5 Å². The second kappa shape index (κ2) is 77.1. The van der Waals surface area contributed by atoms with Crippen molar-refractivity contribution >= 4 is 39.5 Å². The Morgan fingerprint density at radius 3 is 0.830 bits per heavy atom. The summed E-state index contributed by atoms with van der Waals surface area (Å²) < 4.78 is 68.4. The smallest absolute Gasteiger partial charge is 0.462 e. The van der Waals surface area contributed by atoms with Gasteiger partial charge in [0.25, 0.3) is 0 Å². The molecule has 0 heterocycles. The molecule has 0 saturated heterocycles. The van der Waals surface area contributed by atoms with Crippen LogP contribution in [0.1, 0.15) is 272 Å². The third-order valence-electron chi connectivity index (χ3n) is 15.6. The van der Waals surface area contributed by atoms with Crippen molar-refractivity contribution in [2.75, 3.05) is 39.6 Å². The third-order valence-corrected chi connectivity index (χ3v) is 17.5. The molecule has 0 fully saturated rings. The molecule has 0 aromatic heterocycles. The minimum atomic E-state index is -5.02. The molecule has 0 aliphatic heterocycles. The molecule has 0 aliphatic carbocycles. The van der Waals surface area contributed by atoms with Crippen LogP contribution in [0, 0.1) is 0 Å². The van der Waals surface area contributed by atoms with Crippen LogP contribution in [-0.2, 0) is 65.4 Å². The molecule has 0 amide bonds. The summed E-state index contributed by atoms with van der Waals surface area (Å²) in [6.45, 7) is 4.29. The molecule has 3 N–H and O–H groups in total. The fourth-order valence-corrected chi connectivity index (χ4v) is 11.3. The number of esters is 4. The van der Waals surface area contributed by atoms with Crippen LogP contribution in [0.4, 0.5) is 0 Å². The summed E-state index contributed by atoms with van der Waals surface area (Å²) in [4.78, 5) is 72.9. The van der Waals surface area contributed by atoms with E-state index in [2.05, 4.69) is 186 Å². The zero-order valence-electron chi connectivity index (χ0n) is 65.3. The van der Waals surface area contributed by atoms with E-state index in [4.69, 9.17) is 37.0 Å². The Morgan fingerprint density at radius 1 is 0.274 bits per heavy atom. The van der Waals surface area contributed by atoms with Crippen molar-refractivity contribution < 1.29 is 80.2 Å². The molecule has 5 unspecified atom stereocenters. The highest BCUT2D eigenvalue weighted by Gasteiger charge is 2.30. The van der Waals surface area contributed by atoms with Crippen molar-refractivity contribution in [2.45, 2.75) is 290 Å². The standard InChI is InChI=1S/C87H138O17P2/c1-5-9-13-17-21-25-29-32-35-38-40-43-46-49-53-56-60-64-68-72-85(90)98-78-83(104-87(92)74-70-66-62-58-54-50-47-44-41-39-36-33-30-26-22-18-14-10-6-2)80-102-106(95,96)100-76-81(88)75-99-105(93,94)101-79-82(103-86(91)73-69-65-61-57-51-28-24-20-16-12-8-4)77-97-84(89)71-67-63-59-55-52-48-45-42-37-34-31-27-23-19-15-11-7-3/h9-11,13-15,21-23,25-27,32-37,40-41,43-45,48-50,53-54,60,62,64,66,81-83,88H,5-8,12,16-20,24,28-31,38-39,42,46-47,51-52,55-59,61,63,65,67-80H2,1-4H3,(H,93,94)(H,95,96)/b13-9-,14-10-,15-11-,25-21-,26-22-,27-23-,35-32-,36-33-,37-34-,43-40-,44-41-,48-45-,53-49-,54-50-,64-60-,66-62-. The number of aliphatic hydroxyl groups is 1. The molecule has 106 heavy (non-hydrogen) atoms. The molecule has 0 radical (unpaired) electrons. The number of unbranched alkanes of at least 4 members (excludes halogenated alkanes) is 14. The van der Waals surface area contributed by atoms with Crippen LogP contribution in [0.3, 0.4) is 0 Å². The molecule has 0 bridgehead atoms. The molecule has 17 nitrogen and oxygen atoms in total. The summed E-state index contributed by atoms with van der Waals surface area (Å²) in [5.41, 5.74) is 0. The van der Waals surface area contributed by atoms with Crippen LogP contribution >= 0.6 is 15.6 Å². The SMILES string of the molecule is CC/C=C\C/C=C\C/C=C\C/C=C\C/C=C\C/C=C\CCC(=O)OCC(COP(=O)(O)OCC(O)COP(=O)(O)OCC(COC(=O)CCCCCC/C=C\C/C=C\C/C=C\C/C=C\CC)OC(=O)CCCCCCCCCCCCC)OC(=O)CC/C=C\C/C=C\C/C=C\C/C=C\C/C=C\C/C=C\CC. The summed E-state index contributed by atoms with van der Waals surface area (Å²) in [5, 5.41) is 10.6. The number of hydrogen-bond acceptors (Lipinski definition) is 15. The van der Waals surface area contributed by atoms with Gasteiger partial charge in [-0.15, -0.1) is 0 Å². The molecule has 0 aromatic carbocycles. The number of ether oxygens (including phenoxy) is 4. The van der Waals surface area contributed by atoms with Crippen LogP contribution in [0.25, 0.3) is 0 Å². The second-order valence-corrected chi connectivity index (χ2v) is 28.4. The van der Waals surface area contributed by atoms with Crippen LogP contribution in [-0.4, -0.2) is 96.7 Å². The van der Waals surface area contributed by atoms with Crippen molar-refractivity contribution in [3.05, 3.63) is 194 Å². The van der Waals surface area contributed by atoms with E-state index in [0.717, 1.165) is 141 Å². The zero-order chi connectivity index (χ0) is 77.4. The van der Waals surface area contributed by atoms with Crippen LogP contribution in [0.2, 0.25) is 0 Å². The first-order chi connectivity index (χ1) is 51.7. The predicted molar refractivity (Wildman–Crippen MR) is 436 cm³/mol. The monoisotopic (exact) mass is 1520 g/mol. The van der Waals surface area contributed by atoms with Gasteiger partial charge in [-0.1, -0.05) is 299 Å². The lowest BCUT2D eigenvalue weighted by Crippen LogP contribution is -2.30. The number of rotatable bonds is 72. The Kier molecular flexibility index (Phi) is 72.6. The first-order valence-corrected chi connectivity index (χ1v) is 42.7. The van der Waals surface area contributed by atoms with E-state index < -0.39 is 97.5 Å². The van der Waals surface area contributed by atoms with E-state index in [1.807, 2.05) is 36.5 Å².